The Hall–Kier alpha value is -2.01. The van der Waals surface area contributed by atoms with Crippen molar-refractivity contribution in [2.45, 2.75) is 39.3 Å². The van der Waals surface area contributed by atoms with Crippen LogP contribution < -0.4 is 0 Å². The fraction of sp³-hybridized carbons (Fsp3) is 0.500. The summed E-state index contributed by atoms with van der Waals surface area (Å²) in [5.41, 5.74) is 2.87. The predicted octanol–water partition coefficient (Wildman–Crippen LogP) is 3.00. The molecule has 2 aromatic rings. The minimum atomic E-state index is 0.123. The molecule has 0 unspecified atom stereocenters. The molecule has 0 bridgehead atoms. The van der Waals surface area contributed by atoms with Gasteiger partial charge in [0.15, 0.2) is 0 Å². The maximum Gasteiger partial charge on any atom is 0.255 e. The van der Waals surface area contributed by atoms with Gasteiger partial charge in [0.1, 0.15) is 5.76 Å². The van der Waals surface area contributed by atoms with Crippen LogP contribution in [0.2, 0.25) is 0 Å². The zero-order valence-electron chi connectivity index (χ0n) is 14.0. The molecule has 0 aliphatic carbocycles. The van der Waals surface area contributed by atoms with Gasteiger partial charge in [0.05, 0.1) is 24.5 Å². The van der Waals surface area contributed by atoms with Crippen LogP contribution in [-0.2, 0) is 11.3 Å². The summed E-state index contributed by atoms with van der Waals surface area (Å²) in [5, 5.41) is 0. The van der Waals surface area contributed by atoms with E-state index in [2.05, 4.69) is 4.57 Å². The Kier molecular flexibility index (Phi) is 4.57. The van der Waals surface area contributed by atoms with Crippen LogP contribution in [0.4, 0.5) is 0 Å². The largest absolute Gasteiger partial charge is 0.467 e. The standard InChI is InChI=1S/C18H24N2O3/c1-13-11-17(14(2)20(13)12-16-5-4-10-23-16)18(21)19-8-6-15(22-3)7-9-19/h4-5,10-11,15H,6-9,12H2,1-3H3. The van der Waals surface area contributed by atoms with Crippen molar-refractivity contribution >= 4 is 5.91 Å². The van der Waals surface area contributed by atoms with Gasteiger partial charge in [-0.25, -0.2) is 0 Å². The van der Waals surface area contributed by atoms with E-state index in [-0.39, 0.29) is 12.0 Å². The number of carbonyl (C=O) groups is 1. The summed E-state index contributed by atoms with van der Waals surface area (Å²) in [6.45, 7) is 6.22. The Labute approximate surface area is 136 Å². The summed E-state index contributed by atoms with van der Waals surface area (Å²) in [4.78, 5) is 14.8. The van der Waals surface area contributed by atoms with E-state index in [0.717, 1.165) is 48.6 Å². The van der Waals surface area contributed by atoms with Gasteiger partial charge in [0, 0.05) is 31.6 Å². The number of hydrogen-bond donors (Lipinski definition) is 0. The van der Waals surface area contributed by atoms with E-state index < -0.39 is 0 Å². The average Bonchev–Trinajstić information content (AvgIpc) is 3.18. The lowest BCUT2D eigenvalue weighted by molar-refractivity contribution is 0.0350. The number of rotatable bonds is 4. The van der Waals surface area contributed by atoms with Gasteiger partial charge in [-0.15, -0.1) is 0 Å². The zero-order chi connectivity index (χ0) is 16.4. The molecular weight excluding hydrogens is 292 g/mol. The molecule has 1 aliphatic rings. The normalized spacial score (nSPS) is 16.0. The molecule has 1 aliphatic heterocycles. The highest BCUT2D eigenvalue weighted by Gasteiger charge is 2.26. The molecule has 0 saturated carbocycles. The second kappa shape index (κ2) is 6.62. The molecule has 3 rings (SSSR count). The fourth-order valence-corrected chi connectivity index (χ4v) is 3.28. The predicted molar refractivity (Wildman–Crippen MR) is 87.7 cm³/mol. The van der Waals surface area contributed by atoms with Crippen molar-refractivity contribution in [1.82, 2.24) is 9.47 Å². The number of aryl methyl sites for hydroxylation is 1. The highest BCUT2D eigenvalue weighted by atomic mass is 16.5. The first-order valence-corrected chi connectivity index (χ1v) is 8.11. The molecule has 2 aromatic heterocycles. The van der Waals surface area contributed by atoms with Gasteiger partial charge in [-0.2, -0.15) is 0 Å². The molecule has 0 aromatic carbocycles. The molecule has 0 radical (unpaired) electrons. The van der Waals surface area contributed by atoms with Crippen LogP contribution in [0.1, 0.15) is 40.3 Å². The minimum Gasteiger partial charge on any atom is -0.467 e. The second-order valence-electron chi connectivity index (χ2n) is 6.18. The molecule has 5 nitrogen and oxygen atoms in total. The summed E-state index contributed by atoms with van der Waals surface area (Å²) in [6.07, 6.45) is 3.78. The molecule has 0 spiro atoms. The van der Waals surface area contributed by atoms with Crippen molar-refractivity contribution in [3.8, 4) is 0 Å². The van der Waals surface area contributed by atoms with E-state index in [1.807, 2.05) is 36.9 Å². The van der Waals surface area contributed by atoms with Gasteiger partial charge in [-0.3, -0.25) is 4.79 Å². The van der Waals surface area contributed by atoms with Gasteiger partial charge in [0.2, 0.25) is 0 Å². The van der Waals surface area contributed by atoms with Crippen molar-refractivity contribution < 1.29 is 13.9 Å². The molecule has 23 heavy (non-hydrogen) atoms. The highest BCUT2D eigenvalue weighted by Crippen LogP contribution is 2.21. The van der Waals surface area contributed by atoms with Crippen molar-refractivity contribution in [2.75, 3.05) is 20.2 Å². The first-order valence-electron chi connectivity index (χ1n) is 8.11. The highest BCUT2D eigenvalue weighted by molar-refractivity contribution is 5.95. The molecule has 1 saturated heterocycles. The summed E-state index contributed by atoms with van der Waals surface area (Å²) in [5.74, 6) is 1.02. The van der Waals surface area contributed by atoms with Crippen LogP contribution in [0, 0.1) is 13.8 Å². The lowest BCUT2D eigenvalue weighted by Crippen LogP contribution is -2.40. The number of piperidine rings is 1. The number of methoxy groups -OCH3 is 1. The minimum absolute atomic E-state index is 0.123. The Morgan fingerprint density at radius 2 is 2.09 bits per heavy atom. The third-order valence-corrected chi connectivity index (χ3v) is 4.76. The molecular formula is C18H24N2O3. The van der Waals surface area contributed by atoms with Gasteiger partial charge >= 0.3 is 0 Å². The van der Waals surface area contributed by atoms with Crippen LogP contribution in [-0.4, -0.2) is 41.7 Å². The topological polar surface area (TPSA) is 47.6 Å². The third-order valence-electron chi connectivity index (χ3n) is 4.76. The van der Waals surface area contributed by atoms with E-state index >= 15 is 0 Å². The lowest BCUT2D eigenvalue weighted by Gasteiger charge is -2.31. The number of aromatic nitrogens is 1. The Morgan fingerprint density at radius 1 is 1.35 bits per heavy atom. The van der Waals surface area contributed by atoms with Crippen molar-refractivity contribution in [3.05, 3.63) is 47.2 Å². The van der Waals surface area contributed by atoms with Crippen molar-refractivity contribution in [2.24, 2.45) is 0 Å². The fourth-order valence-electron chi connectivity index (χ4n) is 3.28. The number of likely N-dealkylation sites (tertiary alicyclic amines) is 1. The van der Waals surface area contributed by atoms with Crippen LogP contribution in [0.25, 0.3) is 0 Å². The smallest absolute Gasteiger partial charge is 0.255 e. The molecule has 0 atom stereocenters. The van der Waals surface area contributed by atoms with Crippen LogP contribution in [0.3, 0.4) is 0 Å². The summed E-state index contributed by atoms with van der Waals surface area (Å²) < 4.78 is 12.9. The SMILES string of the molecule is COC1CCN(C(=O)c2cc(C)n(Cc3ccco3)c2C)CC1. The molecule has 5 heteroatoms. The number of hydrogen-bond acceptors (Lipinski definition) is 3. The van der Waals surface area contributed by atoms with Gasteiger partial charge < -0.3 is 18.6 Å². The number of carbonyl (C=O) groups excluding carboxylic acids is 1. The molecule has 0 N–H and O–H groups in total. The van der Waals surface area contributed by atoms with Gasteiger partial charge in [-0.1, -0.05) is 0 Å². The van der Waals surface area contributed by atoms with E-state index in [9.17, 15) is 4.79 Å². The number of furan rings is 1. The van der Waals surface area contributed by atoms with Gasteiger partial charge in [-0.05, 0) is 44.9 Å². The first-order chi connectivity index (χ1) is 11.1. The molecule has 1 amide bonds. The van der Waals surface area contributed by atoms with Crippen molar-refractivity contribution in [1.29, 1.82) is 0 Å². The van der Waals surface area contributed by atoms with Crippen molar-refractivity contribution in [3.63, 3.8) is 0 Å². The second-order valence-corrected chi connectivity index (χ2v) is 6.18. The Balaban J connectivity index is 1.76. The quantitative estimate of drug-likeness (QED) is 0.871. The zero-order valence-corrected chi connectivity index (χ0v) is 14.0. The first kappa shape index (κ1) is 15.9. The molecule has 1 fully saturated rings. The van der Waals surface area contributed by atoms with E-state index in [0.29, 0.717) is 6.54 Å². The van der Waals surface area contributed by atoms with E-state index in [4.69, 9.17) is 9.15 Å². The Bertz CT molecular complexity index is 665. The average molecular weight is 316 g/mol. The van der Waals surface area contributed by atoms with E-state index in [1.165, 1.54) is 0 Å². The third kappa shape index (κ3) is 3.20. The summed E-state index contributed by atoms with van der Waals surface area (Å²) >= 11 is 0. The van der Waals surface area contributed by atoms with E-state index in [1.54, 1.807) is 13.4 Å². The maximum atomic E-state index is 12.8. The summed E-state index contributed by atoms with van der Waals surface area (Å²) in [7, 11) is 1.74. The molecule has 124 valence electrons. The van der Waals surface area contributed by atoms with Crippen LogP contribution >= 0.6 is 0 Å². The van der Waals surface area contributed by atoms with Crippen LogP contribution in [0.5, 0.6) is 0 Å². The maximum absolute atomic E-state index is 12.8. The monoisotopic (exact) mass is 316 g/mol. The Morgan fingerprint density at radius 3 is 2.70 bits per heavy atom. The van der Waals surface area contributed by atoms with Gasteiger partial charge in [0.25, 0.3) is 5.91 Å². The summed E-state index contributed by atoms with van der Waals surface area (Å²) in [6, 6.07) is 5.83. The molecule has 3 heterocycles. The number of nitrogens with zero attached hydrogens (tertiary/aromatic N) is 2. The number of ether oxygens (including phenoxy) is 1. The lowest BCUT2D eigenvalue weighted by atomic mass is 10.1. The number of amides is 1. The van der Waals surface area contributed by atoms with Crippen LogP contribution in [0.15, 0.2) is 28.9 Å².